The normalized spacial score (nSPS) is 10.4. The number of methoxy groups -OCH3 is 1. The summed E-state index contributed by atoms with van der Waals surface area (Å²) >= 11 is 12.1. The largest absolute Gasteiger partial charge is 0.497 e. The van der Waals surface area contributed by atoms with Crippen LogP contribution in [0.5, 0.6) is 5.75 Å². The quantitative estimate of drug-likeness (QED) is 0.582. The summed E-state index contributed by atoms with van der Waals surface area (Å²) in [6, 6.07) is 14.9. The van der Waals surface area contributed by atoms with Crippen LogP contribution in [0.25, 0.3) is 0 Å². The fraction of sp³-hybridized carbons (Fsp3) is 0.158. The molecule has 0 amide bonds. The molecule has 3 aromatic rings. The third-order valence-corrected chi connectivity index (χ3v) is 4.30. The molecule has 3 rings (SSSR count). The third-order valence-electron chi connectivity index (χ3n) is 3.72. The first-order valence-electron chi connectivity index (χ1n) is 8.06. The highest BCUT2D eigenvalue weighted by Gasteiger charge is 2.03. The number of rotatable bonds is 7. The van der Waals surface area contributed by atoms with Crippen LogP contribution in [0.15, 0.2) is 54.7 Å². The molecule has 1 aromatic heterocycles. The predicted molar refractivity (Wildman–Crippen MR) is 107 cm³/mol. The minimum absolute atomic E-state index is 0.518. The molecule has 0 aliphatic heterocycles. The highest BCUT2D eigenvalue weighted by atomic mass is 35.5. The van der Waals surface area contributed by atoms with E-state index in [4.69, 9.17) is 27.9 Å². The molecular formula is C19H18Cl2N4O. The van der Waals surface area contributed by atoms with Crippen molar-refractivity contribution in [1.82, 2.24) is 9.97 Å². The summed E-state index contributed by atoms with van der Waals surface area (Å²) in [5.41, 5.74) is 1.92. The van der Waals surface area contributed by atoms with Gasteiger partial charge in [0.05, 0.1) is 7.11 Å². The average molecular weight is 389 g/mol. The van der Waals surface area contributed by atoms with Crippen LogP contribution in [0.4, 0.5) is 17.5 Å². The maximum atomic E-state index is 6.19. The highest BCUT2D eigenvalue weighted by molar-refractivity contribution is 6.35. The summed E-state index contributed by atoms with van der Waals surface area (Å²) in [4.78, 5) is 8.70. The lowest BCUT2D eigenvalue weighted by Crippen LogP contribution is -2.08. The molecule has 0 saturated carbocycles. The monoisotopic (exact) mass is 388 g/mol. The van der Waals surface area contributed by atoms with E-state index in [1.165, 1.54) is 0 Å². The maximum absolute atomic E-state index is 6.19. The van der Waals surface area contributed by atoms with E-state index in [1.54, 1.807) is 19.4 Å². The molecule has 2 aromatic carbocycles. The van der Waals surface area contributed by atoms with Crippen molar-refractivity contribution in [1.29, 1.82) is 0 Å². The number of hydrogen-bond donors (Lipinski definition) is 2. The number of ether oxygens (including phenoxy) is 1. The van der Waals surface area contributed by atoms with Gasteiger partial charge in [-0.25, -0.2) is 4.98 Å². The van der Waals surface area contributed by atoms with Crippen molar-refractivity contribution in [3.8, 4) is 5.75 Å². The van der Waals surface area contributed by atoms with Gasteiger partial charge < -0.3 is 15.4 Å². The van der Waals surface area contributed by atoms with Crippen molar-refractivity contribution < 1.29 is 4.74 Å². The zero-order valence-corrected chi connectivity index (χ0v) is 15.7. The maximum Gasteiger partial charge on any atom is 0.229 e. The van der Waals surface area contributed by atoms with Gasteiger partial charge in [-0.1, -0.05) is 29.3 Å². The molecule has 5 nitrogen and oxygen atoms in total. The van der Waals surface area contributed by atoms with Gasteiger partial charge in [0.2, 0.25) is 5.95 Å². The van der Waals surface area contributed by atoms with Crippen molar-refractivity contribution in [2.75, 3.05) is 24.3 Å². The van der Waals surface area contributed by atoms with E-state index in [9.17, 15) is 0 Å². The van der Waals surface area contributed by atoms with Gasteiger partial charge in [-0.3, -0.25) is 0 Å². The summed E-state index contributed by atoms with van der Waals surface area (Å²) in [6.45, 7) is 0.695. The number of hydrogen-bond acceptors (Lipinski definition) is 5. The zero-order chi connectivity index (χ0) is 18.4. The molecule has 1 heterocycles. The molecule has 0 atom stereocenters. The Morgan fingerprint density at radius 1 is 1.04 bits per heavy atom. The van der Waals surface area contributed by atoms with Crippen LogP contribution in [0.1, 0.15) is 5.56 Å². The predicted octanol–water partition coefficient (Wildman–Crippen LogP) is 5.19. The molecule has 0 bridgehead atoms. The summed E-state index contributed by atoms with van der Waals surface area (Å²) in [7, 11) is 1.64. The number of nitrogens with zero attached hydrogens (tertiary/aromatic N) is 2. The molecule has 0 aliphatic rings. The third kappa shape index (κ3) is 5.00. The molecular weight excluding hydrogens is 371 g/mol. The van der Waals surface area contributed by atoms with Crippen LogP contribution in [0.3, 0.4) is 0 Å². The smallest absolute Gasteiger partial charge is 0.229 e. The fourth-order valence-corrected chi connectivity index (χ4v) is 2.87. The Balaban J connectivity index is 1.58. The SMILES string of the molecule is COc1ccc(Nc2nccc(NCCc3ccc(Cl)cc3Cl)n2)cc1. The topological polar surface area (TPSA) is 59.1 Å². The Labute approximate surface area is 162 Å². The lowest BCUT2D eigenvalue weighted by Gasteiger charge is -2.09. The van der Waals surface area contributed by atoms with Gasteiger partial charge in [-0.15, -0.1) is 0 Å². The molecule has 0 spiro atoms. The van der Waals surface area contributed by atoms with E-state index in [1.807, 2.05) is 42.5 Å². The van der Waals surface area contributed by atoms with Crippen molar-refractivity contribution in [3.05, 3.63) is 70.3 Å². The lowest BCUT2D eigenvalue weighted by molar-refractivity contribution is 0.415. The molecule has 7 heteroatoms. The number of halogens is 2. The van der Waals surface area contributed by atoms with Crippen LogP contribution in [0.2, 0.25) is 10.0 Å². The summed E-state index contributed by atoms with van der Waals surface area (Å²) < 4.78 is 5.15. The van der Waals surface area contributed by atoms with Gasteiger partial charge in [0.1, 0.15) is 11.6 Å². The van der Waals surface area contributed by atoms with Crippen molar-refractivity contribution in [2.45, 2.75) is 6.42 Å². The van der Waals surface area contributed by atoms with Crippen molar-refractivity contribution in [3.63, 3.8) is 0 Å². The minimum atomic E-state index is 0.518. The average Bonchev–Trinajstić information content (AvgIpc) is 2.64. The first-order valence-corrected chi connectivity index (χ1v) is 8.81. The Morgan fingerprint density at radius 2 is 1.85 bits per heavy atom. The van der Waals surface area contributed by atoms with Gasteiger partial charge in [-0.2, -0.15) is 4.98 Å². The first kappa shape index (κ1) is 18.3. The second-order valence-corrected chi connectivity index (χ2v) is 6.38. The second-order valence-electron chi connectivity index (χ2n) is 5.53. The molecule has 26 heavy (non-hydrogen) atoms. The Bertz CT molecular complexity index is 872. The summed E-state index contributed by atoms with van der Waals surface area (Å²) in [5.74, 6) is 2.05. The number of aromatic nitrogens is 2. The Hall–Kier alpha value is -2.50. The summed E-state index contributed by atoms with van der Waals surface area (Å²) in [5, 5.41) is 7.75. The van der Waals surface area contributed by atoms with E-state index < -0.39 is 0 Å². The van der Waals surface area contributed by atoms with Gasteiger partial charge in [-0.05, 0) is 54.4 Å². The van der Waals surface area contributed by atoms with Crippen LogP contribution < -0.4 is 15.4 Å². The van der Waals surface area contributed by atoms with E-state index in [2.05, 4.69) is 20.6 Å². The number of nitrogens with one attached hydrogen (secondary N) is 2. The molecule has 0 fully saturated rings. The summed E-state index contributed by atoms with van der Waals surface area (Å²) in [6.07, 6.45) is 2.47. The van der Waals surface area contributed by atoms with Crippen LogP contribution in [0, 0.1) is 0 Å². The van der Waals surface area contributed by atoms with Crippen LogP contribution in [-0.4, -0.2) is 23.6 Å². The Kier molecular flexibility index (Phi) is 6.15. The zero-order valence-electron chi connectivity index (χ0n) is 14.2. The van der Waals surface area contributed by atoms with Gasteiger partial charge in [0.25, 0.3) is 0 Å². The van der Waals surface area contributed by atoms with E-state index >= 15 is 0 Å². The van der Waals surface area contributed by atoms with Gasteiger partial charge in [0.15, 0.2) is 0 Å². The minimum Gasteiger partial charge on any atom is -0.497 e. The lowest BCUT2D eigenvalue weighted by atomic mass is 10.1. The molecule has 134 valence electrons. The Morgan fingerprint density at radius 3 is 2.58 bits per heavy atom. The number of benzene rings is 2. The first-order chi connectivity index (χ1) is 12.6. The molecule has 2 N–H and O–H groups in total. The standard InChI is InChI=1S/C19H18Cl2N4O/c1-26-16-6-4-15(5-7-16)24-19-23-11-9-18(25-19)22-10-8-13-2-3-14(20)12-17(13)21/h2-7,9,11-12H,8,10H2,1H3,(H2,22,23,24,25). The number of anilines is 3. The van der Waals surface area contributed by atoms with Gasteiger partial charge in [0, 0.05) is 28.5 Å². The van der Waals surface area contributed by atoms with E-state index in [0.29, 0.717) is 22.5 Å². The van der Waals surface area contributed by atoms with Crippen LogP contribution >= 0.6 is 23.2 Å². The fourth-order valence-electron chi connectivity index (χ4n) is 2.37. The second kappa shape index (κ2) is 8.74. The van der Waals surface area contributed by atoms with Crippen molar-refractivity contribution >= 4 is 40.7 Å². The highest BCUT2D eigenvalue weighted by Crippen LogP contribution is 2.22. The van der Waals surface area contributed by atoms with Gasteiger partial charge >= 0.3 is 0 Å². The molecule has 0 saturated heterocycles. The molecule has 0 aliphatic carbocycles. The van der Waals surface area contributed by atoms with Crippen molar-refractivity contribution in [2.24, 2.45) is 0 Å². The molecule has 0 unspecified atom stereocenters. The van der Waals surface area contributed by atoms with E-state index in [0.717, 1.165) is 29.2 Å². The van der Waals surface area contributed by atoms with E-state index in [-0.39, 0.29) is 0 Å². The van der Waals surface area contributed by atoms with Crippen LogP contribution in [-0.2, 0) is 6.42 Å². The molecule has 0 radical (unpaired) electrons.